The molecule has 1 aromatic heterocycles. The minimum Gasteiger partial charge on any atom is -0.395 e. The Morgan fingerprint density at radius 1 is 1.78 bits per heavy atom. The van der Waals surface area contributed by atoms with Crippen LogP contribution in [-0.4, -0.2) is 4.37 Å². The van der Waals surface area contributed by atoms with Crippen LogP contribution in [0.5, 0.6) is 0 Å². The zero-order valence-corrected chi connectivity index (χ0v) is 5.64. The van der Waals surface area contributed by atoms with E-state index in [-0.39, 0.29) is 4.94 Å². The van der Waals surface area contributed by atoms with Gasteiger partial charge in [-0.1, -0.05) is 6.08 Å². The second-order valence-electron chi connectivity index (χ2n) is 1.37. The van der Waals surface area contributed by atoms with Crippen molar-refractivity contribution in [1.29, 1.82) is 0 Å². The van der Waals surface area contributed by atoms with E-state index >= 15 is 0 Å². The summed E-state index contributed by atoms with van der Waals surface area (Å²) in [6, 6.07) is 0. The van der Waals surface area contributed by atoms with Gasteiger partial charge in [0.25, 0.3) is 0 Å². The molecule has 0 spiro atoms. The summed E-state index contributed by atoms with van der Waals surface area (Å²) in [5, 5.41) is 0. The lowest BCUT2D eigenvalue weighted by molar-refractivity contribution is 0.516. The van der Waals surface area contributed by atoms with Crippen LogP contribution < -0.4 is 4.94 Å². The topological polar surface area (TPSA) is 43.1 Å². The van der Waals surface area contributed by atoms with Crippen LogP contribution in [0.2, 0.25) is 0 Å². The maximum absolute atomic E-state index is 10.3. The molecule has 0 aliphatic rings. The van der Waals surface area contributed by atoms with Crippen molar-refractivity contribution in [2.24, 2.45) is 0 Å². The second kappa shape index (κ2) is 2.59. The van der Waals surface area contributed by atoms with Crippen LogP contribution in [0.15, 0.2) is 15.3 Å². The van der Waals surface area contributed by atoms with Gasteiger partial charge in [0.15, 0.2) is 0 Å². The smallest absolute Gasteiger partial charge is 0.395 e. The molecular weight excluding hydrogens is 138 g/mol. The molecule has 0 fully saturated rings. The van der Waals surface area contributed by atoms with E-state index in [1.54, 1.807) is 12.2 Å². The minimum absolute atomic E-state index is 0.358. The van der Waals surface area contributed by atoms with Crippen molar-refractivity contribution in [2.45, 2.75) is 6.92 Å². The second-order valence-corrected chi connectivity index (χ2v) is 2.07. The van der Waals surface area contributed by atoms with Gasteiger partial charge >= 0.3 is 4.94 Å². The van der Waals surface area contributed by atoms with Gasteiger partial charge in [0.1, 0.15) is 0 Å². The molecule has 1 aromatic rings. The first-order valence-corrected chi connectivity index (χ1v) is 3.20. The molecule has 4 heteroatoms. The molecule has 0 unspecified atom stereocenters. The molecule has 0 radical (unpaired) electrons. The van der Waals surface area contributed by atoms with Crippen molar-refractivity contribution < 1.29 is 4.42 Å². The summed E-state index contributed by atoms with van der Waals surface area (Å²) < 4.78 is 8.27. The zero-order valence-electron chi connectivity index (χ0n) is 4.83. The van der Waals surface area contributed by atoms with Crippen molar-refractivity contribution in [1.82, 2.24) is 4.37 Å². The van der Waals surface area contributed by atoms with Crippen molar-refractivity contribution in [2.75, 3.05) is 0 Å². The number of hydrogen-bond donors (Lipinski definition) is 0. The predicted octanol–water partition coefficient (Wildman–Crippen LogP) is 1.13. The summed E-state index contributed by atoms with van der Waals surface area (Å²) in [4.78, 5) is 9.96. The first-order chi connectivity index (χ1) is 4.33. The predicted molar refractivity (Wildman–Crippen MR) is 35.4 cm³/mol. The number of hydrogen-bond acceptors (Lipinski definition) is 4. The molecule has 0 atom stereocenters. The van der Waals surface area contributed by atoms with E-state index in [1.807, 2.05) is 6.92 Å². The molecule has 0 amide bonds. The lowest BCUT2D eigenvalue weighted by Crippen LogP contribution is -1.80. The first-order valence-electron chi connectivity index (χ1n) is 2.42. The average Bonchev–Trinajstić information content (AvgIpc) is 2.17. The number of aromatic nitrogens is 1. The third-order valence-corrected chi connectivity index (χ3v) is 1.21. The molecule has 0 saturated carbocycles. The SMILES string of the molecule is CC=Cc1nsc(=O)o1. The summed E-state index contributed by atoms with van der Waals surface area (Å²) in [6.07, 6.45) is 3.40. The largest absolute Gasteiger partial charge is 0.414 e. The number of nitrogens with zero attached hydrogens (tertiary/aromatic N) is 1. The minimum atomic E-state index is -0.358. The van der Waals surface area contributed by atoms with Crippen molar-refractivity contribution in [3.8, 4) is 0 Å². The molecule has 48 valence electrons. The van der Waals surface area contributed by atoms with Crippen LogP contribution in [0.1, 0.15) is 12.8 Å². The van der Waals surface area contributed by atoms with Gasteiger partial charge in [-0.3, -0.25) is 0 Å². The first kappa shape index (κ1) is 6.22. The van der Waals surface area contributed by atoms with Gasteiger partial charge < -0.3 is 4.42 Å². The summed E-state index contributed by atoms with van der Waals surface area (Å²) in [5.74, 6) is 0.382. The van der Waals surface area contributed by atoms with Gasteiger partial charge in [0.2, 0.25) is 5.89 Å². The Morgan fingerprint density at radius 2 is 2.56 bits per heavy atom. The standard InChI is InChI=1S/C5H5NO2S/c1-2-3-4-6-9-5(7)8-4/h2-3H,1H3. The fourth-order valence-corrected chi connectivity index (χ4v) is 0.797. The monoisotopic (exact) mass is 143 g/mol. The van der Waals surface area contributed by atoms with E-state index in [9.17, 15) is 4.79 Å². The molecule has 0 N–H and O–H groups in total. The van der Waals surface area contributed by atoms with Crippen molar-refractivity contribution in [3.05, 3.63) is 21.7 Å². The Morgan fingerprint density at radius 3 is 3.00 bits per heavy atom. The van der Waals surface area contributed by atoms with Gasteiger partial charge in [-0.15, -0.1) is 4.37 Å². The summed E-state index contributed by atoms with van der Waals surface area (Å²) >= 11 is 0.821. The van der Waals surface area contributed by atoms with E-state index in [2.05, 4.69) is 8.79 Å². The van der Waals surface area contributed by atoms with Crippen LogP contribution in [0.3, 0.4) is 0 Å². The quantitative estimate of drug-likeness (QED) is 0.591. The Hall–Kier alpha value is -0.900. The van der Waals surface area contributed by atoms with E-state index in [4.69, 9.17) is 0 Å². The highest BCUT2D eigenvalue weighted by Gasteiger charge is 1.92. The van der Waals surface area contributed by atoms with Gasteiger partial charge in [-0.2, -0.15) is 0 Å². The maximum atomic E-state index is 10.3. The zero-order chi connectivity index (χ0) is 6.69. The molecule has 1 heterocycles. The average molecular weight is 143 g/mol. The van der Waals surface area contributed by atoms with Crippen LogP contribution in [0, 0.1) is 0 Å². The van der Waals surface area contributed by atoms with Crippen LogP contribution in [0.4, 0.5) is 0 Å². The van der Waals surface area contributed by atoms with Crippen molar-refractivity contribution >= 4 is 17.6 Å². The molecule has 0 bridgehead atoms. The molecule has 0 aliphatic heterocycles. The normalized spacial score (nSPS) is 10.8. The maximum Gasteiger partial charge on any atom is 0.414 e. The third kappa shape index (κ3) is 1.50. The molecule has 0 saturated heterocycles. The number of allylic oxidation sites excluding steroid dienone is 1. The highest BCUT2D eigenvalue weighted by molar-refractivity contribution is 7.02. The van der Waals surface area contributed by atoms with E-state index in [0.717, 1.165) is 11.5 Å². The molecule has 1 rings (SSSR count). The highest BCUT2D eigenvalue weighted by Crippen LogP contribution is 1.94. The molecule has 0 aliphatic carbocycles. The van der Waals surface area contributed by atoms with E-state index < -0.39 is 0 Å². The van der Waals surface area contributed by atoms with Crippen LogP contribution >= 0.6 is 11.5 Å². The highest BCUT2D eigenvalue weighted by atomic mass is 32.1. The molecule has 3 nitrogen and oxygen atoms in total. The van der Waals surface area contributed by atoms with Gasteiger partial charge in [0, 0.05) is 0 Å². The van der Waals surface area contributed by atoms with Crippen molar-refractivity contribution in [3.63, 3.8) is 0 Å². The van der Waals surface area contributed by atoms with Crippen LogP contribution in [-0.2, 0) is 0 Å². The van der Waals surface area contributed by atoms with Gasteiger partial charge in [-0.05, 0) is 13.0 Å². The Bertz CT molecular complexity index is 260. The summed E-state index contributed by atoms with van der Waals surface area (Å²) in [5.41, 5.74) is 0. The summed E-state index contributed by atoms with van der Waals surface area (Å²) in [6.45, 7) is 1.83. The fourth-order valence-electron chi connectivity index (χ4n) is 0.412. The van der Waals surface area contributed by atoms with Crippen LogP contribution in [0.25, 0.3) is 6.08 Å². The summed E-state index contributed by atoms with van der Waals surface area (Å²) in [7, 11) is 0. The molecule has 0 aromatic carbocycles. The fraction of sp³-hybridized carbons (Fsp3) is 0.200. The lowest BCUT2D eigenvalue weighted by atomic mass is 10.5. The van der Waals surface area contributed by atoms with E-state index in [0.29, 0.717) is 5.89 Å². The molecule has 9 heavy (non-hydrogen) atoms. The van der Waals surface area contributed by atoms with Gasteiger partial charge in [0.05, 0.1) is 11.5 Å². The Balaban J connectivity index is 2.98. The number of rotatable bonds is 1. The lowest BCUT2D eigenvalue weighted by Gasteiger charge is -1.72. The van der Waals surface area contributed by atoms with Gasteiger partial charge in [-0.25, -0.2) is 4.79 Å². The third-order valence-electron chi connectivity index (χ3n) is 0.707. The Labute approximate surface area is 55.8 Å². The molecular formula is C5H5NO2S. The Kier molecular flexibility index (Phi) is 1.79. The van der Waals surface area contributed by atoms with E-state index in [1.165, 1.54) is 0 Å².